The highest BCUT2D eigenvalue weighted by molar-refractivity contribution is 5.70. The van der Waals surface area contributed by atoms with Crippen LogP contribution in [0.4, 0.5) is 18.4 Å². The van der Waals surface area contributed by atoms with Gasteiger partial charge in [-0.05, 0) is 20.8 Å². The number of carbonyl (C=O) groups excluding carboxylic acids is 2. The lowest BCUT2D eigenvalue weighted by Gasteiger charge is -2.49. The van der Waals surface area contributed by atoms with Gasteiger partial charge in [0, 0.05) is 0 Å². The highest BCUT2D eigenvalue weighted by Crippen LogP contribution is 2.36. The third-order valence-corrected chi connectivity index (χ3v) is 3.02. The van der Waals surface area contributed by atoms with Crippen molar-refractivity contribution in [3.63, 3.8) is 0 Å². The molecule has 0 saturated carbocycles. The van der Waals surface area contributed by atoms with Crippen LogP contribution in [-0.2, 0) is 9.47 Å². The summed E-state index contributed by atoms with van der Waals surface area (Å²) >= 11 is 0. The first kappa shape index (κ1) is 19.1. The van der Waals surface area contributed by atoms with E-state index in [1.165, 1.54) is 6.08 Å². The van der Waals surface area contributed by atoms with Gasteiger partial charge < -0.3 is 24.8 Å². The Morgan fingerprint density at radius 2 is 1.96 bits per heavy atom. The van der Waals surface area contributed by atoms with E-state index in [2.05, 4.69) is 11.3 Å². The van der Waals surface area contributed by atoms with Crippen LogP contribution >= 0.6 is 0 Å². The van der Waals surface area contributed by atoms with E-state index in [4.69, 9.17) is 4.74 Å². The van der Waals surface area contributed by atoms with Crippen molar-refractivity contribution in [3.05, 3.63) is 12.7 Å². The summed E-state index contributed by atoms with van der Waals surface area (Å²) in [5.41, 5.74) is -3.18. The van der Waals surface area contributed by atoms with Gasteiger partial charge in [0.05, 0.1) is 19.6 Å². The second kappa shape index (κ2) is 6.69. The predicted octanol–water partition coefficient (Wildman–Crippen LogP) is 1.52. The number of likely N-dealkylation sites (tertiary alicyclic amines) is 1. The van der Waals surface area contributed by atoms with Gasteiger partial charge in [-0.2, -0.15) is 0 Å². The number of nitrogens with one attached hydrogen (secondary N) is 1. The number of rotatable bonds is 5. The van der Waals surface area contributed by atoms with Gasteiger partial charge in [0.15, 0.2) is 5.60 Å². The number of alkyl carbamates (subject to hydrolysis) is 1. The standard InChI is InChI=1S/C14H22F2N2O5/c1-5-6-22-10(19)17-7-14(15,16)13(21)8-18(9-13)11(20)23-12(2,3)4/h5,21H,1,6-9H2,2-4H3,(H,17,19). The molecule has 1 rings (SSSR count). The van der Waals surface area contributed by atoms with Gasteiger partial charge in [0.25, 0.3) is 5.92 Å². The second-order valence-electron chi connectivity index (χ2n) is 6.31. The SMILES string of the molecule is C=CCOC(=O)NCC(F)(F)C1(O)CN(C(=O)OC(C)(C)C)C1. The summed E-state index contributed by atoms with van der Waals surface area (Å²) in [6.45, 7) is 5.84. The Kier molecular flexibility index (Phi) is 5.57. The van der Waals surface area contributed by atoms with Crippen LogP contribution in [0.2, 0.25) is 0 Å². The van der Waals surface area contributed by atoms with Crippen molar-refractivity contribution in [1.82, 2.24) is 10.2 Å². The summed E-state index contributed by atoms with van der Waals surface area (Å²) in [4.78, 5) is 23.8. The summed E-state index contributed by atoms with van der Waals surface area (Å²) in [5, 5.41) is 11.8. The average molecular weight is 336 g/mol. The maximum atomic E-state index is 14.0. The van der Waals surface area contributed by atoms with E-state index < -0.39 is 48.9 Å². The van der Waals surface area contributed by atoms with Crippen molar-refractivity contribution in [2.75, 3.05) is 26.2 Å². The van der Waals surface area contributed by atoms with Crippen molar-refractivity contribution in [2.24, 2.45) is 0 Å². The number of hydrogen-bond acceptors (Lipinski definition) is 5. The number of alkyl halides is 2. The molecule has 1 saturated heterocycles. The Bertz CT molecular complexity index is 470. The third kappa shape index (κ3) is 5.05. The van der Waals surface area contributed by atoms with Crippen molar-refractivity contribution >= 4 is 12.2 Å². The topological polar surface area (TPSA) is 88.1 Å². The molecule has 0 bridgehead atoms. The molecule has 1 fully saturated rings. The Labute approximate surface area is 133 Å². The van der Waals surface area contributed by atoms with Crippen LogP contribution in [0.5, 0.6) is 0 Å². The van der Waals surface area contributed by atoms with Gasteiger partial charge in [0.2, 0.25) is 0 Å². The first-order chi connectivity index (χ1) is 10.4. The summed E-state index contributed by atoms with van der Waals surface area (Å²) in [7, 11) is 0. The molecule has 7 nitrogen and oxygen atoms in total. The molecule has 2 N–H and O–H groups in total. The van der Waals surface area contributed by atoms with Crippen LogP contribution in [0.3, 0.4) is 0 Å². The van der Waals surface area contributed by atoms with E-state index in [0.717, 1.165) is 4.90 Å². The molecule has 0 atom stereocenters. The number of carbonyl (C=O) groups is 2. The molecule has 0 aliphatic carbocycles. The molecular formula is C14H22F2N2O5. The molecule has 0 aromatic carbocycles. The molecule has 0 spiro atoms. The normalized spacial score (nSPS) is 17.0. The van der Waals surface area contributed by atoms with Crippen LogP contribution in [0, 0.1) is 0 Å². The van der Waals surface area contributed by atoms with Gasteiger partial charge in [0.1, 0.15) is 12.2 Å². The van der Waals surface area contributed by atoms with Crippen LogP contribution in [-0.4, -0.2) is 65.6 Å². The lowest BCUT2D eigenvalue weighted by Crippen LogP contribution is -2.73. The molecule has 0 aromatic heterocycles. The number of halogens is 2. The lowest BCUT2D eigenvalue weighted by molar-refractivity contribution is -0.231. The summed E-state index contributed by atoms with van der Waals surface area (Å²) in [5.74, 6) is -3.63. The van der Waals surface area contributed by atoms with Gasteiger partial charge in [-0.25, -0.2) is 18.4 Å². The number of ether oxygens (including phenoxy) is 2. The molecule has 9 heteroatoms. The first-order valence-electron chi connectivity index (χ1n) is 7.00. The van der Waals surface area contributed by atoms with E-state index in [1.807, 2.05) is 5.32 Å². The molecule has 0 radical (unpaired) electrons. The molecule has 0 aromatic rings. The van der Waals surface area contributed by atoms with Crippen molar-refractivity contribution < 1.29 is 33.0 Å². The molecule has 132 valence electrons. The fourth-order valence-electron chi connectivity index (χ4n) is 1.81. The fourth-order valence-corrected chi connectivity index (χ4v) is 1.81. The lowest BCUT2D eigenvalue weighted by atomic mass is 9.87. The maximum Gasteiger partial charge on any atom is 0.410 e. The zero-order valence-electron chi connectivity index (χ0n) is 13.4. The number of hydrogen-bond donors (Lipinski definition) is 2. The number of nitrogens with zero attached hydrogens (tertiary/aromatic N) is 1. The zero-order chi connectivity index (χ0) is 17.9. The monoisotopic (exact) mass is 336 g/mol. The van der Waals surface area contributed by atoms with E-state index in [0.29, 0.717) is 0 Å². The van der Waals surface area contributed by atoms with E-state index >= 15 is 0 Å². The fraction of sp³-hybridized carbons (Fsp3) is 0.714. The Hall–Kier alpha value is -1.90. The van der Waals surface area contributed by atoms with Crippen LogP contribution in [0.25, 0.3) is 0 Å². The van der Waals surface area contributed by atoms with Crippen LogP contribution in [0.15, 0.2) is 12.7 Å². The van der Waals surface area contributed by atoms with E-state index in [-0.39, 0.29) is 6.61 Å². The van der Waals surface area contributed by atoms with Crippen molar-refractivity contribution in [2.45, 2.75) is 37.9 Å². The first-order valence-corrected chi connectivity index (χ1v) is 7.00. The zero-order valence-corrected chi connectivity index (χ0v) is 13.4. The highest BCUT2D eigenvalue weighted by Gasteiger charge is 2.61. The predicted molar refractivity (Wildman–Crippen MR) is 77.3 cm³/mol. The van der Waals surface area contributed by atoms with Gasteiger partial charge in [-0.15, -0.1) is 0 Å². The second-order valence-corrected chi connectivity index (χ2v) is 6.31. The minimum absolute atomic E-state index is 0.117. The summed E-state index contributed by atoms with van der Waals surface area (Å²) < 4.78 is 37.5. The highest BCUT2D eigenvalue weighted by atomic mass is 19.3. The largest absolute Gasteiger partial charge is 0.445 e. The number of β-amino-alcohol motifs (C(OH)–C–C–N with tert-alkyl or cyclic N) is 1. The minimum atomic E-state index is -3.63. The molecule has 1 heterocycles. The maximum absolute atomic E-state index is 14.0. The molecule has 1 aliphatic rings. The minimum Gasteiger partial charge on any atom is -0.445 e. The Balaban J connectivity index is 2.50. The molecule has 0 unspecified atom stereocenters. The van der Waals surface area contributed by atoms with Crippen molar-refractivity contribution in [1.29, 1.82) is 0 Å². The average Bonchev–Trinajstić information content (AvgIpc) is 2.37. The third-order valence-electron chi connectivity index (χ3n) is 3.02. The molecule has 1 aliphatic heterocycles. The van der Waals surface area contributed by atoms with Gasteiger partial charge in [-0.1, -0.05) is 12.7 Å². The summed E-state index contributed by atoms with van der Waals surface area (Å²) in [6.07, 6.45) is -0.538. The quantitative estimate of drug-likeness (QED) is 0.743. The smallest absolute Gasteiger partial charge is 0.410 e. The van der Waals surface area contributed by atoms with Crippen LogP contribution in [0.1, 0.15) is 20.8 Å². The van der Waals surface area contributed by atoms with E-state index in [9.17, 15) is 23.5 Å². The molecule has 23 heavy (non-hydrogen) atoms. The van der Waals surface area contributed by atoms with E-state index in [1.54, 1.807) is 20.8 Å². The van der Waals surface area contributed by atoms with Crippen molar-refractivity contribution in [3.8, 4) is 0 Å². The van der Waals surface area contributed by atoms with Gasteiger partial charge >= 0.3 is 12.2 Å². The summed E-state index contributed by atoms with van der Waals surface area (Å²) in [6, 6.07) is 0. The van der Waals surface area contributed by atoms with Gasteiger partial charge in [-0.3, -0.25) is 0 Å². The molecule has 2 amide bonds. The Morgan fingerprint density at radius 1 is 1.39 bits per heavy atom. The Morgan fingerprint density at radius 3 is 2.43 bits per heavy atom. The number of aliphatic hydroxyl groups is 1. The van der Waals surface area contributed by atoms with Crippen LogP contribution < -0.4 is 5.32 Å². The number of amides is 2. The molecular weight excluding hydrogens is 314 g/mol.